The highest BCUT2D eigenvalue weighted by molar-refractivity contribution is 5.99. The van der Waals surface area contributed by atoms with E-state index in [2.05, 4.69) is 12.2 Å². The molecule has 0 saturated carbocycles. The minimum absolute atomic E-state index is 0.219. The van der Waals surface area contributed by atoms with Crippen molar-refractivity contribution in [3.05, 3.63) is 0 Å². The summed E-state index contributed by atoms with van der Waals surface area (Å²) in [5.41, 5.74) is 1.59. The molecule has 1 atom stereocenters. The van der Waals surface area contributed by atoms with Gasteiger partial charge in [-0.1, -0.05) is 65.7 Å². The Morgan fingerprint density at radius 2 is 1.45 bits per heavy atom. The van der Waals surface area contributed by atoms with Crippen molar-refractivity contribution in [2.24, 2.45) is 11.8 Å². The molecule has 0 fully saturated rings. The van der Waals surface area contributed by atoms with Crippen molar-refractivity contribution in [1.82, 2.24) is 10.8 Å². The molecule has 0 aliphatic heterocycles. The summed E-state index contributed by atoms with van der Waals surface area (Å²) in [6.45, 7) is 6.71. The molecular formula is C17H34N2O3. The molecule has 22 heavy (non-hydrogen) atoms. The molecule has 3 N–H and O–H groups in total. The van der Waals surface area contributed by atoms with E-state index in [1.165, 1.54) is 38.5 Å². The number of rotatable bonds is 13. The highest BCUT2D eigenvalue weighted by Gasteiger charge is 2.26. The average molecular weight is 314 g/mol. The average Bonchev–Trinajstić information content (AvgIpc) is 2.49. The van der Waals surface area contributed by atoms with Crippen molar-refractivity contribution in [2.45, 2.75) is 78.6 Å². The molecule has 5 nitrogen and oxygen atoms in total. The van der Waals surface area contributed by atoms with Crippen LogP contribution in [0.1, 0.15) is 78.6 Å². The summed E-state index contributed by atoms with van der Waals surface area (Å²) in [4.78, 5) is 23.5. The Bertz CT molecular complexity index is 306. The van der Waals surface area contributed by atoms with Crippen LogP contribution in [0.25, 0.3) is 0 Å². The second-order valence-electron chi connectivity index (χ2n) is 6.42. The zero-order valence-electron chi connectivity index (χ0n) is 14.5. The van der Waals surface area contributed by atoms with Crippen LogP contribution in [-0.4, -0.2) is 23.6 Å². The molecule has 2 amide bonds. The first-order valence-electron chi connectivity index (χ1n) is 8.74. The molecule has 0 aromatic carbocycles. The van der Waals surface area contributed by atoms with Crippen molar-refractivity contribution in [3.8, 4) is 0 Å². The fourth-order valence-electron chi connectivity index (χ4n) is 2.48. The van der Waals surface area contributed by atoms with Gasteiger partial charge in [-0.05, 0) is 18.8 Å². The van der Waals surface area contributed by atoms with Crippen molar-refractivity contribution in [2.75, 3.05) is 6.54 Å². The molecule has 0 aromatic heterocycles. The van der Waals surface area contributed by atoms with Crippen LogP contribution in [0.5, 0.6) is 0 Å². The molecule has 1 unspecified atom stereocenters. The van der Waals surface area contributed by atoms with E-state index in [1.54, 1.807) is 5.48 Å². The third-order valence-corrected chi connectivity index (χ3v) is 3.78. The predicted molar refractivity (Wildman–Crippen MR) is 88.5 cm³/mol. The van der Waals surface area contributed by atoms with Gasteiger partial charge in [0.15, 0.2) is 0 Å². The largest absolute Gasteiger partial charge is 0.355 e. The minimum Gasteiger partial charge on any atom is -0.355 e. The number of hydroxylamine groups is 1. The molecule has 0 aliphatic carbocycles. The Hall–Kier alpha value is -1.10. The Morgan fingerprint density at radius 3 is 1.95 bits per heavy atom. The molecule has 0 bridgehead atoms. The smallest absolute Gasteiger partial charge is 0.255 e. The van der Waals surface area contributed by atoms with Gasteiger partial charge in [-0.25, -0.2) is 5.48 Å². The number of nitrogens with one attached hydrogen (secondary N) is 2. The summed E-state index contributed by atoms with van der Waals surface area (Å²) in [7, 11) is 0. The summed E-state index contributed by atoms with van der Waals surface area (Å²) in [5.74, 6) is -1.50. The third kappa shape index (κ3) is 10.6. The topological polar surface area (TPSA) is 78.4 Å². The Labute approximate surface area is 135 Å². The van der Waals surface area contributed by atoms with Gasteiger partial charge in [0, 0.05) is 6.54 Å². The van der Waals surface area contributed by atoms with Gasteiger partial charge in [0.25, 0.3) is 5.91 Å². The van der Waals surface area contributed by atoms with E-state index >= 15 is 0 Å². The summed E-state index contributed by atoms with van der Waals surface area (Å²) in [5, 5.41) is 11.5. The van der Waals surface area contributed by atoms with E-state index < -0.39 is 11.8 Å². The van der Waals surface area contributed by atoms with E-state index in [1.807, 2.05) is 13.8 Å². The summed E-state index contributed by atoms with van der Waals surface area (Å²) in [6.07, 6.45) is 10.2. The summed E-state index contributed by atoms with van der Waals surface area (Å²) in [6, 6.07) is 0. The number of hydrogen-bond acceptors (Lipinski definition) is 3. The molecule has 0 aromatic rings. The van der Waals surface area contributed by atoms with Crippen LogP contribution in [-0.2, 0) is 9.59 Å². The van der Waals surface area contributed by atoms with Gasteiger partial charge in [0.05, 0.1) is 0 Å². The highest BCUT2D eigenvalue weighted by atomic mass is 16.5. The van der Waals surface area contributed by atoms with Crippen LogP contribution < -0.4 is 10.8 Å². The van der Waals surface area contributed by atoms with E-state index in [0.29, 0.717) is 13.0 Å². The first kappa shape index (κ1) is 20.9. The Morgan fingerprint density at radius 1 is 0.909 bits per heavy atom. The van der Waals surface area contributed by atoms with Crippen LogP contribution >= 0.6 is 0 Å². The Kier molecular flexibility index (Phi) is 12.9. The van der Waals surface area contributed by atoms with Crippen LogP contribution in [0.4, 0.5) is 0 Å². The van der Waals surface area contributed by atoms with Gasteiger partial charge in [0.2, 0.25) is 5.91 Å². The normalized spacial score (nSPS) is 12.2. The van der Waals surface area contributed by atoms with E-state index in [9.17, 15) is 9.59 Å². The molecule has 5 heteroatoms. The number of unbranched alkanes of at least 4 members (excludes halogenated alkanes) is 7. The molecular weight excluding hydrogens is 280 g/mol. The maximum atomic E-state index is 12.0. The first-order valence-corrected chi connectivity index (χ1v) is 8.74. The van der Waals surface area contributed by atoms with E-state index in [4.69, 9.17) is 5.21 Å². The number of hydrogen-bond donors (Lipinski definition) is 3. The van der Waals surface area contributed by atoms with E-state index in [-0.39, 0.29) is 11.8 Å². The minimum atomic E-state index is -0.806. The third-order valence-electron chi connectivity index (χ3n) is 3.78. The van der Waals surface area contributed by atoms with Crippen molar-refractivity contribution >= 4 is 11.8 Å². The van der Waals surface area contributed by atoms with E-state index in [0.717, 1.165) is 12.8 Å². The monoisotopic (exact) mass is 314 g/mol. The van der Waals surface area contributed by atoms with Crippen LogP contribution in [0.2, 0.25) is 0 Å². The summed E-state index contributed by atoms with van der Waals surface area (Å²) >= 11 is 0. The Balaban J connectivity index is 3.78. The molecule has 0 aliphatic rings. The lowest BCUT2D eigenvalue weighted by Gasteiger charge is -2.16. The predicted octanol–water partition coefficient (Wildman–Crippen LogP) is 3.41. The van der Waals surface area contributed by atoms with Gasteiger partial charge >= 0.3 is 0 Å². The fourth-order valence-corrected chi connectivity index (χ4v) is 2.48. The lowest BCUT2D eigenvalue weighted by Crippen LogP contribution is -2.41. The van der Waals surface area contributed by atoms with Crippen LogP contribution in [0, 0.1) is 11.8 Å². The zero-order valence-corrected chi connectivity index (χ0v) is 14.5. The highest BCUT2D eigenvalue weighted by Crippen LogP contribution is 2.12. The van der Waals surface area contributed by atoms with Gasteiger partial charge in [-0.15, -0.1) is 0 Å². The second kappa shape index (κ2) is 13.6. The van der Waals surface area contributed by atoms with Crippen LogP contribution in [0.15, 0.2) is 0 Å². The molecule has 130 valence electrons. The maximum Gasteiger partial charge on any atom is 0.255 e. The molecule has 0 spiro atoms. The summed E-state index contributed by atoms with van der Waals surface area (Å²) < 4.78 is 0. The second-order valence-corrected chi connectivity index (χ2v) is 6.42. The number of amides is 2. The number of carbonyl (C=O) groups excluding carboxylic acids is 2. The van der Waals surface area contributed by atoms with Crippen molar-refractivity contribution in [1.29, 1.82) is 0 Å². The van der Waals surface area contributed by atoms with Gasteiger partial charge < -0.3 is 5.32 Å². The van der Waals surface area contributed by atoms with Gasteiger partial charge in [-0.3, -0.25) is 14.8 Å². The molecule has 0 saturated heterocycles. The molecule has 0 heterocycles. The lowest BCUT2D eigenvalue weighted by atomic mass is 9.95. The number of carbonyl (C=O) groups is 2. The molecule has 0 rings (SSSR count). The van der Waals surface area contributed by atoms with Gasteiger partial charge in [-0.2, -0.15) is 0 Å². The molecule has 0 radical (unpaired) electrons. The SMILES string of the molecule is CCCCCCCCCCNC(=O)C(CC(C)C)C(=O)NO. The van der Waals surface area contributed by atoms with Crippen LogP contribution in [0.3, 0.4) is 0 Å². The quantitative estimate of drug-likeness (QED) is 0.211. The van der Waals surface area contributed by atoms with Crippen molar-refractivity contribution in [3.63, 3.8) is 0 Å². The zero-order chi connectivity index (χ0) is 16.8. The fraction of sp³-hybridized carbons (Fsp3) is 0.882. The standard InChI is InChI=1S/C17H34N2O3/c1-4-5-6-7-8-9-10-11-12-18-16(20)15(13-14(2)3)17(21)19-22/h14-15,22H,4-13H2,1-3H3,(H,18,20)(H,19,21). The maximum absolute atomic E-state index is 12.0. The first-order chi connectivity index (χ1) is 10.5. The van der Waals surface area contributed by atoms with Gasteiger partial charge in [0.1, 0.15) is 5.92 Å². The lowest BCUT2D eigenvalue weighted by molar-refractivity contribution is -0.141. The van der Waals surface area contributed by atoms with Crippen molar-refractivity contribution < 1.29 is 14.8 Å².